The number of rotatable bonds is 4. The Morgan fingerprint density at radius 3 is 2.48 bits per heavy atom. The minimum atomic E-state index is -0.477. The van der Waals surface area contributed by atoms with Crippen LogP contribution >= 0.6 is 11.6 Å². The van der Waals surface area contributed by atoms with Gasteiger partial charge >= 0.3 is 0 Å². The van der Waals surface area contributed by atoms with Gasteiger partial charge in [-0.2, -0.15) is 0 Å². The Kier molecular flexibility index (Phi) is 4.81. The summed E-state index contributed by atoms with van der Waals surface area (Å²) in [5.41, 5.74) is 2.29. The van der Waals surface area contributed by atoms with E-state index in [2.05, 4.69) is 10.6 Å². The maximum absolute atomic E-state index is 12.8. The topological polar surface area (TPSA) is 41.1 Å². The number of hydrogen-bond acceptors (Lipinski definition) is 2. The molecule has 21 heavy (non-hydrogen) atoms. The van der Waals surface area contributed by atoms with Crippen LogP contribution in [0.3, 0.4) is 0 Å². The molecule has 0 heterocycles. The molecule has 0 bridgehead atoms. The van der Waals surface area contributed by atoms with E-state index < -0.39 is 6.04 Å². The zero-order chi connectivity index (χ0) is 15.4. The van der Waals surface area contributed by atoms with Gasteiger partial charge in [-0.1, -0.05) is 17.7 Å². The highest BCUT2D eigenvalue weighted by Crippen LogP contribution is 2.23. The van der Waals surface area contributed by atoms with Crippen LogP contribution in [0.2, 0.25) is 5.02 Å². The number of halogens is 2. The highest BCUT2D eigenvalue weighted by atomic mass is 35.5. The summed E-state index contributed by atoms with van der Waals surface area (Å²) in [5.74, 6) is -0.566. The molecule has 2 aromatic carbocycles. The second-order valence-corrected chi connectivity index (χ2v) is 5.25. The molecular formula is C16H16ClFN2O. The van der Waals surface area contributed by atoms with Crippen molar-refractivity contribution in [1.29, 1.82) is 0 Å². The Bertz CT molecular complexity index is 643. The van der Waals surface area contributed by atoms with Crippen LogP contribution in [0.25, 0.3) is 0 Å². The second-order valence-electron chi connectivity index (χ2n) is 4.85. The fraction of sp³-hybridized carbons (Fsp3) is 0.188. The first kappa shape index (κ1) is 15.3. The van der Waals surface area contributed by atoms with Crippen LogP contribution in [0, 0.1) is 12.7 Å². The molecule has 3 nitrogen and oxygen atoms in total. The van der Waals surface area contributed by atoms with E-state index in [1.807, 2.05) is 25.1 Å². The van der Waals surface area contributed by atoms with Gasteiger partial charge < -0.3 is 10.6 Å². The zero-order valence-electron chi connectivity index (χ0n) is 11.8. The van der Waals surface area contributed by atoms with Crippen LogP contribution in [0.5, 0.6) is 0 Å². The molecule has 0 saturated heterocycles. The lowest BCUT2D eigenvalue weighted by Gasteiger charge is -2.16. The third kappa shape index (κ3) is 4.20. The number of hydrogen-bond donors (Lipinski definition) is 2. The number of nitrogens with one attached hydrogen (secondary N) is 2. The Morgan fingerprint density at radius 1 is 1.19 bits per heavy atom. The molecular weight excluding hydrogens is 291 g/mol. The van der Waals surface area contributed by atoms with Crippen molar-refractivity contribution in [1.82, 2.24) is 0 Å². The fourth-order valence-electron chi connectivity index (χ4n) is 1.82. The molecule has 5 heteroatoms. The molecule has 1 amide bonds. The first-order valence-corrected chi connectivity index (χ1v) is 6.92. The zero-order valence-corrected chi connectivity index (χ0v) is 12.5. The quantitative estimate of drug-likeness (QED) is 0.887. The number of amides is 1. The normalized spacial score (nSPS) is 11.8. The Hall–Kier alpha value is -2.07. The van der Waals surface area contributed by atoms with Gasteiger partial charge in [0.15, 0.2) is 0 Å². The molecule has 0 aliphatic carbocycles. The SMILES string of the molecule is Cc1ccc(NC(C)C(=O)Nc2ccc(F)cc2)c(Cl)c1. The van der Waals surface area contributed by atoms with Gasteiger partial charge in [-0.25, -0.2) is 4.39 Å². The van der Waals surface area contributed by atoms with E-state index in [0.29, 0.717) is 16.4 Å². The van der Waals surface area contributed by atoms with Crippen LogP contribution in [-0.2, 0) is 4.79 Å². The second kappa shape index (κ2) is 6.59. The van der Waals surface area contributed by atoms with Gasteiger partial charge in [0.25, 0.3) is 0 Å². The van der Waals surface area contributed by atoms with Gasteiger partial charge in [0.2, 0.25) is 5.91 Å². The monoisotopic (exact) mass is 306 g/mol. The minimum Gasteiger partial charge on any atom is -0.373 e. The Balaban J connectivity index is 2.00. The smallest absolute Gasteiger partial charge is 0.246 e. The summed E-state index contributed by atoms with van der Waals surface area (Å²) in [5, 5.41) is 6.33. The van der Waals surface area contributed by atoms with E-state index in [1.165, 1.54) is 24.3 Å². The summed E-state index contributed by atoms with van der Waals surface area (Å²) in [7, 11) is 0. The molecule has 0 spiro atoms. The summed E-state index contributed by atoms with van der Waals surface area (Å²) >= 11 is 6.12. The van der Waals surface area contributed by atoms with Crippen molar-refractivity contribution in [2.75, 3.05) is 10.6 Å². The van der Waals surface area contributed by atoms with E-state index >= 15 is 0 Å². The Morgan fingerprint density at radius 2 is 1.86 bits per heavy atom. The third-order valence-electron chi connectivity index (χ3n) is 3.00. The van der Waals surface area contributed by atoms with Crippen molar-refractivity contribution in [2.24, 2.45) is 0 Å². The van der Waals surface area contributed by atoms with Crippen LogP contribution in [0.4, 0.5) is 15.8 Å². The largest absolute Gasteiger partial charge is 0.373 e. The number of benzene rings is 2. The maximum atomic E-state index is 12.8. The lowest BCUT2D eigenvalue weighted by molar-refractivity contribution is -0.116. The molecule has 0 radical (unpaired) electrons. The summed E-state index contributed by atoms with van der Waals surface area (Å²) < 4.78 is 12.8. The van der Waals surface area contributed by atoms with Gasteiger partial charge in [-0.05, 0) is 55.8 Å². The molecule has 2 N–H and O–H groups in total. The molecule has 0 fully saturated rings. The first-order chi connectivity index (χ1) is 9.95. The number of carbonyl (C=O) groups excluding carboxylic acids is 1. The Labute approximate surface area is 128 Å². The van der Waals surface area contributed by atoms with E-state index in [9.17, 15) is 9.18 Å². The number of carbonyl (C=O) groups is 1. The van der Waals surface area contributed by atoms with Crippen molar-refractivity contribution in [2.45, 2.75) is 19.9 Å². The fourth-order valence-corrected chi connectivity index (χ4v) is 2.11. The minimum absolute atomic E-state index is 0.224. The van der Waals surface area contributed by atoms with Gasteiger partial charge in [0, 0.05) is 5.69 Å². The maximum Gasteiger partial charge on any atom is 0.246 e. The van der Waals surface area contributed by atoms with Gasteiger partial charge in [-0.3, -0.25) is 4.79 Å². The predicted octanol–water partition coefficient (Wildman–Crippen LogP) is 4.23. The van der Waals surface area contributed by atoms with Gasteiger partial charge in [0.05, 0.1) is 10.7 Å². The van der Waals surface area contributed by atoms with Gasteiger partial charge in [0.1, 0.15) is 11.9 Å². The van der Waals surface area contributed by atoms with Crippen LogP contribution in [0.1, 0.15) is 12.5 Å². The van der Waals surface area contributed by atoms with Crippen molar-refractivity contribution in [3.05, 3.63) is 58.9 Å². The van der Waals surface area contributed by atoms with Crippen LogP contribution in [0.15, 0.2) is 42.5 Å². The molecule has 0 aliphatic heterocycles. The molecule has 0 saturated carbocycles. The lowest BCUT2D eigenvalue weighted by Crippen LogP contribution is -2.31. The lowest BCUT2D eigenvalue weighted by atomic mass is 10.2. The summed E-state index contributed by atoms with van der Waals surface area (Å²) in [6.07, 6.45) is 0. The van der Waals surface area contributed by atoms with Crippen molar-refractivity contribution >= 4 is 28.9 Å². The van der Waals surface area contributed by atoms with Crippen LogP contribution < -0.4 is 10.6 Å². The standard InChI is InChI=1S/C16H16ClFN2O/c1-10-3-8-15(14(17)9-10)19-11(2)16(21)20-13-6-4-12(18)5-7-13/h3-9,11,19H,1-2H3,(H,20,21). The molecule has 2 rings (SSSR count). The van der Waals surface area contributed by atoms with Crippen molar-refractivity contribution in [3.8, 4) is 0 Å². The first-order valence-electron chi connectivity index (χ1n) is 6.55. The van der Waals surface area contributed by atoms with Crippen molar-refractivity contribution in [3.63, 3.8) is 0 Å². The summed E-state index contributed by atoms with van der Waals surface area (Å²) in [4.78, 5) is 12.1. The highest BCUT2D eigenvalue weighted by Gasteiger charge is 2.14. The predicted molar refractivity (Wildman–Crippen MR) is 84.3 cm³/mol. The van der Waals surface area contributed by atoms with Gasteiger partial charge in [-0.15, -0.1) is 0 Å². The molecule has 2 aromatic rings. The van der Waals surface area contributed by atoms with E-state index in [1.54, 1.807) is 6.92 Å². The van der Waals surface area contributed by atoms with Crippen LogP contribution in [-0.4, -0.2) is 11.9 Å². The third-order valence-corrected chi connectivity index (χ3v) is 3.31. The van der Waals surface area contributed by atoms with E-state index in [4.69, 9.17) is 11.6 Å². The number of anilines is 2. The molecule has 0 aromatic heterocycles. The molecule has 1 unspecified atom stereocenters. The molecule has 1 atom stereocenters. The summed E-state index contributed by atoms with van der Waals surface area (Å²) in [6, 6.07) is 10.7. The summed E-state index contributed by atoms with van der Waals surface area (Å²) in [6.45, 7) is 3.68. The van der Waals surface area contributed by atoms with E-state index in [-0.39, 0.29) is 11.7 Å². The highest BCUT2D eigenvalue weighted by molar-refractivity contribution is 6.33. The van der Waals surface area contributed by atoms with Crippen molar-refractivity contribution < 1.29 is 9.18 Å². The molecule has 110 valence electrons. The number of aryl methyl sites for hydroxylation is 1. The average Bonchev–Trinajstić information content (AvgIpc) is 2.44. The van der Waals surface area contributed by atoms with E-state index in [0.717, 1.165) is 5.56 Å². The average molecular weight is 307 g/mol. The molecule has 0 aliphatic rings.